The summed E-state index contributed by atoms with van der Waals surface area (Å²) in [6.45, 7) is 1.51. The normalized spacial score (nSPS) is 13.0. The summed E-state index contributed by atoms with van der Waals surface area (Å²) in [6, 6.07) is 2.16. The Labute approximate surface area is 83.5 Å². The summed E-state index contributed by atoms with van der Waals surface area (Å²) >= 11 is 2.95. The lowest BCUT2D eigenvalue weighted by Crippen LogP contribution is -2.02. The van der Waals surface area contributed by atoms with Crippen molar-refractivity contribution in [3.05, 3.63) is 33.8 Å². The summed E-state index contributed by atoms with van der Waals surface area (Å²) in [5.41, 5.74) is 0.316. The third kappa shape index (κ3) is 2.25. The van der Waals surface area contributed by atoms with Crippen molar-refractivity contribution in [3.8, 4) is 0 Å². The van der Waals surface area contributed by atoms with E-state index in [0.29, 0.717) is 5.56 Å². The van der Waals surface area contributed by atoms with Gasteiger partial charge in [0, 0.05) is 18.6 Å². The fourth-order valence-electron chi connectivity index (χ4n) is 1.01. The number of hydrogen-bond donors (Lipinski definition) is 1. The monoisotopic (exact) mass is 250 g/mol. The molecule has 0 saturated carbocycles. The van der Waals surface area contributed by atoms with Crippen LogP contribution in [0.1, 0.15) is 18.4 Å². The largest absolute Gasteiger partial charge is 0.396 e. The number of aliphatic hydroxyl groups is 1. The summed E-state index contributed by atoms with van der Waals surface area (Å²) in [5, 5.41) is 8.80. The minimum atomic E-state index is -0.633. The van der Waals surface area contributed by atoms with E-state index >= 15 is 0 Å². The van der Waals surface area contributed by atoms with Crippen molar-refractivity contribution in [2.24, 2.45) is 0 Å². The second kappa shape index (κ2) is 4.15. The first-order chi connectivity index (χ1) is 6.06. The van der Waals surface area contributed by atoms with Gasteiger partial charge < -0.3 is 5.11 Å². The summed E-state index contributed by atoms with van der Waals surface area (Å²) in [6.07, 6.45) is 0. The fraction of sp³-hybridized carbons (Fsp3) is 0.333. The van der Waals surface area contributed by atoms with Gasteiger partial charge in [-0.2, -0.15) is 0 Å². The number of halogens is 3. The Morgan fingerprint density at radius 1 is 1.38 bits per heavy atom. The summed E-state index contributed by atoms with van der Waals surface area (Å²) in [7, 11) is 0. The molecule has 4 heteroatoms. The van der Waals surface area contributed by atoms with Gasteiger partial charge in [-0.1, -0.05) is 6.92 Å². The van der Waals surface area contributed by atoms with Gasteiger partial charge in [0.2, 0.25) is 0 Å². The Balaban J connectivity index is 3.15. The summed E-state index contributed by atoms with van der Waals surface area (Å²) < 4.78 is 26.1. The molecule has 1 atom stereocenters. The van der Waals surface area contributed by atoms with E-state index in [-0.39, 0.29) is 17.0 Å². The van der Waals surface area contributed by atoms with Gasteiger partial charge in [0.1, 0.15) is 11.6 Å². The lowest BCUT2D eigenvalue weighted by Gasteiger charge is -2.10. The average molecular weight is 251 g/mol. The quantitative estimate of drug-likeness (QED) is 0.801. The molecule has 0 aliphatic carbocycles. The Morgan fingerprint density at radius 3 is 2.54 bits per heavy atom. The van der Waals surface area contributed by atoms with Crippen LogP contribution in [0.5, 0.6) is 0 Å². The van der Waals surface area contributed by atoms with Gasteiger partial charge in [-0.15, -0.1) is 0 Å². The standard InChI is InChI=1S/C9H9BrF2O/c1-5(4-13)6-2-7(10)9(12)3-8(6)11/h2-3,5,13H,4H2,1H3. The Morgan fingerprint density at radius 2 is 2.00 bits per heavy atom. The van der Waals surface area contributed by atoms with E-state index in [1.54, 1.807) is 6.92 Å². The molecule has 0 aliphatic heterocycles. The summed E-state index contributed by atoms with van der Waals surface area (Å²) in [4.78, 5) is 0. The molecule has 0 aliphatic rings. The van der Waals surface area contributed by atoms with Gasteiger partial charge in [-0.25, -0.2) is 8.78 Å². The highest BCUT2D eigenvalue weighted by atomic mass is 79.9. The van der Waals surface area contributed by atoms with Crippen LogP contribution < -0.4 is 0 Å². The van der Waals surface area contributed by atoms with Gasteiger partial charge in [-0.05, 0) is 27.6 Å². The first-order valence-corrected chi connectivity index (χ1v) is 4.61. The highest BCUT2D eigenvalue weighted by molar-refractivity contribution is 9.10. The molecule has 0 heterocycles. The molecule has 1 rings (SSSR count). The van der Waals surface area contributed by atoms with Crippen LogP contribution in [0.4, 0.5) is 8.78 Å². The van der Waals surface area contributed by atoms with Crippen molar-refractivity contribution in [2.75, 3.05) is 6.61 Å². The van der Waals surface area contributed by atoms with Crippen molar-refractivity contribution in [1.82, 2.24) is 0 Å². The third-order valence-corrected chi connectivity index (χ3v) is 2.45. The van der Waals surface area contributed by atoms with Gasteiger partial charge in [0.05, 0.1) is 4.47 Å². The van der Waals surface area contributed by atoms with E-state index in [4.69, 9.17) is 5.11 Å². The summed E-state index contributed by atoms with van der Waals surface area (Å²) in [5.74, 6) is -1.58. The van der Waals surface area contributed by atoms with E-state index in [2.05, 4.69) is 15.9 Å². The average Bonchev–Trinajstić information content (AvgIpc) is 2.10. The number of aliphatic hydroxyl groups excluding tert-OH is 1. The molecule has 0 fully saturated rings. The van der Waals surface area contributed by atoms with Crippen molar-refractivity contribution in [1.29, 1.82) is 0 Å². The molecule has 0 spiro atoms. The van der Waals surface area contributed by atoms with Crippen molar-refractivity contribution < 1.29 is 13.9 Å². The zero-order valence-electron chi connectivity index (χ0n) is 7.02. The van der Waals surface area contributed by atoms with Crippen LogP contribution in [-0.4, -0.2) is 11.7 Å². The van der Waals surface area contributed by atoms with Crippen LogP contribution in [0.25, 0.3) is 0 Å². The fourth-order valence-corrected chi connectivity index (χ4v) is 1.38. The molecule has 0 amide bonds. The van der Waals surface area contributed by atoms with Crippen LogP contribution in [0, 0.1) is 11.6 Å². The minimum absolute atomic E-state index is 0.158. The zero-order chi connectivity index (χ0) is 10.0. The van der Waals surface area contributed by atoms with Crippen LogP contribution in [0.2, 0.25) is 0 Å². The Kier molecular flexibility index (Phi) is 3.39. The molecule has 1 N–H and O–H groups in total. The lowest BCUT2D eigenvalue weighted by atomic mass is 10.0. The Bertz CT molecular complexity index is 315. The van der Waals surface area contributed by atoms with E-state index in [1.165, 1.54) is 6.07 Å². The molecule has 0 saturated heterocycles. The minimum Gasteiger partial charge on any atom is -0.396 e. The Hall–Kier alpha value is -0.480. The van der Waals surface area contributed by atoms with Crippen LogP contribution >= 0.6 is 15.9 Å². The molecule has 72 valence electrons. The van der Waals surface area contributed by atoms with Crippen LogP contribution in [-0.2, 0) is 0 Å². The third-order valence-electron chi connectivity index (χ3n) is 1.84. The van der Waals surface area contributed by atoms with Gasteiger partial charge in [0.15, 0.2) is 0 Å². The molecular formula is C9H9BrF2O. The molecule has 1 aromatic carbocycles. The SMILES string of the molecule is CC(CO)c1cc(Br)c(F)cc1F. The number of hydrogen-bond acceptors (Lipinski definition) is 1. The maximum Gasteiger partial charge on any atom is 0.140 e. The van der Waals surface area contributed by atoms with Gasteiger partial charge >= 0.3 is 0 Å². The maximum absolute atomic E-state index is 13.1. The van der Waals surface area contributed by atoms with Gasteiger partial charge in [-0.3, -0.25) is 0 Å². The van der Waals surface area contributed by atoms with Gasteiger partial charge in [0.25, 0.3) is 0 Å². The number of rotatable bonds is 2. The number of benzene rings is 1. The van der Waals surface area contributed by atoms with E-state index in [0.717, 1.165) is 6.07 Å². The molecule has 0 aromatic heterocycles. The molecular weight excluding hydrogens is 242 g/mol. The molecule has 1 nitrogen and oxygen atoms in total. The lowest BCUT2D eigenvalue weighted by molar-refractivity contribution is 0.270. The van der Waals surface area contributed by atoms with Crippen LogP contribution in [0.3, 0.4) is 0 Å². The van der Waals surface area contributed by atoms with E-state index < -0.39 is 11.6 Å². The molecule has 1 unspecified atom stereocenters. The second-order valence-corrected chi connectivity index (χ2v) is 3.73. The highest BCUT2D eigenvalue weighted by Crippen LogP contribution is 2.25. The molecule has 0 bridgehead atoms. The van der Waals surface area contributed by atoms with E-state index in [1.807, 2.05) is 0 Å². The van der Waals surface area contributed by atoms with E-state index in [9.17, 15) is 8.78 Å². The van der Waals surface area contributed by atoms with Crippen LogP contribution in [0.15, 0.2) is 16.6 Å². The highest BCUT2D eigenvalue weighted by Gasteiger charge is 2.13. The predicted molar refractivity (Wildman–Crippen MR) is 49.6 cm³/mol. The zero-order valence-corrected chi connectivity index (χ0v) is 8.61. The second-order valence-electron chi connectivity index (χ2n) is 2.87. The first-order valence-electron chi connectivity index (χ1n) is 3.81. The first kappa shape index (κ1) is 10.6. The molecule has 13 heavy (non-hydrogen) atoms. The smallest absolute Gasteiger partial charge is 0.140 e. The van der Waals surface area contributed by atoms with Crippen molar-refractivity contribution in [3.63, 3.8) is 0 Å². The topological polar surface area (TPSA) is 20.2 Å². The maximum atomic E-state index is 13.1. The van der Waals surface area contributed by atoms with Crippen molar-refractivity contribution in [2.45, 2.75) is 12.8 Å². The van der Waals surface area contributed by atoms with Crippen molar-refractivity contribution >= 4 is 15.9 Å². The molecule has 1 aromatic rings. The molecule has 0 radical (unpaired) electrons. The predicted octanol–water partition coefficient (Wildman–Crippen LogP) is 2.82.